The van der Waals surface area contributed by atoms with Crippen molar-refractivity contribution in [2.24, 2.45) is 0 Å². The molecular formula is C10H14INO. The van der Waals surface area contributed by atoms with E-state index in [1.807, 2.05) is 37.2 Å². The lowest BCUT2D eigenvalue weighted by atomic mass is 10.1. The number of aliphatic hydroxyl groups is 1. The van der Waals surface area contributed by atoms with Crippen LogP contribution in [-0.2, 0) is 0 Å². The minimum atomic E-state index is 0.106. The number of halogens is 1. The predicted molar refractivity (Wildman–Crippen MR) is 62.7 cm³/mol. The van der Waals surface area contributed by atoms with E-state index in [0.717, 1.165) is 0 Å². The fraction of sp³-hybridized carbons (Fsp3) is 0.400. The molecule has 2 nitrogen and oxygen atoms in total. The van der Waals surface area contributed by atoms with Crippen molar-refractivity contribution in [2.75, 3.05) is 20.7 Å². The third-order valence-electron chi connectivity index (χ3n) is 2.03. The molecule has 0 heterocycles. The van der Waals surface area contributed by atoms with E-state index >= 15 is 0 Å². The van der Waals surface area contributed by atoms with E-state index in [0.29, 0.717) is 0 Å². The highest BCUT2D eigenvalue weighted by atomic mass is 127. The number of aliphatic hydroxyl groups excluding tert-OH is 1. The first-order chi connectivity index (χ1) is 6.15. The Morgan fingerprint density at radius 1 is 1.46 bits per heavy atom. The summed E-state index contributed by atoms with van der Waals surface area (Å²) >= 11 is 2.28. The number of benzene rings is 1. The molecule has 0 bridgehead atoms. The molecule has 1 aromatic rings. The predicted octanol–water partition coefficient (Wildman–Crippen LogP) is 1.89. The molecule has 1 aromatic carbocycles. The first-order valence-corrected chi connectivity index (χ1v) is 5.25. The largest absolute Gasteiger partial charge is 0.394 e. The molecule has 0 unspecified atom stereocenters. The summed E-state index contributed by atoms with van der Waals surface area (Å²) in [6.07, 6.45) is 0. The Morgan fingerprint density at radius 3 is 2.62 bits per heavy atom. The highest BCUT2D eigenvalue weighted by molar-refractivity contribution is 14.1. The van der Waals surface area contributed by atoms with Gasteiger partial charge in [-0.1, -0.05) is 12.1 Å². The summed E-state index contributed by atoms with van der Waals surface area (Å²) in [5.41, 5.74) is 1.17. The van der Waals surface area contributed by atoms with Gasteiger partial charge in [-0.15, -0.1) is 0 Å². The highest BCUT2D eigenvalue weighted by Crippen LogP contribution is 2.19. The van der Waals surface area contributed by atoms with Crippen molar-refractivity contribution in [3.8, 4) is 0 Å². The van der Waals surface area contributed by atoms with E-state index in [9.17, 15) is 5.11 Å². The third-order valence-corrected chi connectivity index (χ3v) is 2.70. The highest BCUT2D eigenvalue weighted by Gasteiger charge is 2.12. The first kappa shape index (κ1) is 10.9. The van der Waals surface area contributed by atoms with Crippen LogP contribution in [0.25, 0.3) is 0 Å². The second-order valence-corrected chi connectivity index (χ2v) is 4.46. The van der Waals surface area contributed by atoms with Gasteiger partial charge in [-0.25, -0.2) is 0 Å². The van der Waals surface area contributed by atoms with E-state index in [4.69, 9.17) is 0 Å². The van der Waals surface area contributed by atoms with Crippen LogP contribution in [0.15, 0.2) is 24.3 Å². The molecule has 0 amide bonds. The molecule has 0 aromatic heterocycles. The standard InChI is InChI=1S/C10H14INO/c1-12(2)10(7-13)8-4-3-5-9(11)6-8/h3-6,10,13H,7H2,1-2H3/t10-/m1/s1. The molecule has 0 saturated carbocycles. The monoisotopic (exact) mass is 291 g/mol. The molecular weight excluding hydrogens is 277 g/mol. The van der Waals surface area contributed by atoms with Gasteiger partial charge in [-0.2, -0.15) is 0 Å². The van der Waals surface area contributed by atoms with E-state index in [-0.39, 0.29) is 12.6 Å². The number of rotatable bonds is 3. The molecule has 0 saturated heterocycles. The minimum Gasteiger partial charge on any atom is -0.394 e. The maximum atomic E-state index is 9.20. The SMILES string of the molecule is CN(C)[C@H](CO)c1cccc(I)c1. The molecule has 72 valence electrons. The molecule has 1 atom stereocenters. The Hall–Kier alpha value is -0.130. The van der Waals surface area contributed by atoms with Crippen molar-refractivity contribution < 1.29 is 5.11 Å². The summed E-state index contributed by atoms with van der Waals surface area (Å²) in [4.78, 5) is 2.02. The topological polar surface area (TPSA) is 23.5 Å². The number of hydrogen-bond donors (Lipinski definition) is 1. The second-order valence-electron chi connectivity index (χ2n) is 3.22. The van der Waals surface area contributed by atoms with Gasteiger partial charge in [-0.3, -0.25) is 0 Å². The fourth-order valence-electron chi connectivity index (χ4n) is 1.28. The lowest BCUT2D eigenvalue weighted by molar-refractivity contribution is 0.171. The van der Waals surface area contributed by atoms with Crippen LogP contribution in [0.1, 0.15) is 11.6 Å². The van der Waals surface area contributed by atoms with Crippen molar-refractivity contribution >= 4 is 22.6 Å². The zero-order valence-corrected chi connectivity index (χ0v) is 10.0. The Balaban J connectivity index is 2.91. The summed E-state index contributed by atoms with van der Waals surface area (Å²) in [6.45, 7) is 0.160. The molecule has 1 N–H and O–H groups in total. The van der Waals surface area contributed by atoms with Crippen LogP contribution in [0, 0.1) is 3.57 Å². The van der Waals surface area contributed by atoms with E-state index in [1.54, 1.807) is 0 Å². The molecule has 0 aliphatic carbocycles. The summed E-state index contributed by atoms with van der Waals surface area (Å²) in [7, 11) is 3.95. The van der Waals surface area contributed by atoms with E-state index < -0.39 is 0 Å². The summed E-state index contributed by atoms with van der Waals surface area (Å²) in [6, 6.07) is 8.32. The van der Waals surface area contributed by atoms with Gasteiger partial charge in [0.1, 0.15) is 0 Å². The van der Waals surface area contributed by atoms with Crippen LogP contribution in [0.4, 0.5) is 0 Å². The van der Waals surface area contributed by atoms with Gasteiger partial charge in [0.05, 0.1) is 12.6 Å². The molecule has 0 aliphatic rings. The summed E-state index contributed by atoms with van der Waals surface area (Å²) in [5, 5.41) is 9.20. The first-order valence-electron chi connectivity index (χ1n) is 4.18. The van der Waals surface area contributed by atoms with E-state index in [1.165, 1.54) is 9.13 Å². The smallest absolute Gasteiger partial charge is 0.0628 e. The summed E-state index contributed by atoms with van der Waals surface area (Å²) < 4.78 is 1.20. The maximum absolute atomic E-state index is 9.20. The Morgan fingerprint density at radius 2 is 2.15 bits per heavy atom. The van der Waals surface area contributed by atoms with Gasteiger partial charge >= 0.3 is 0 Å². The van der Waals surface area contributed by atoms with Gasteiger partial charge in [-0.05, 0) is 54.4 Å². The number of likely N-dealkylation sites (N-methyl/N-ethyl adjacent to an activating group) is 1. The van der Waals surface area contributed by atoms with Gasteiger partial charge in [0.15, 0.2) is 0 Å². The normalized spacial score (nSPS) is 13.3. The van der Waals surface area contributed by atoms with Gasteiger partial charge in [0.2, 0.25) is 0 Å². The quantitative estimate of drug-likeness (QED) is 0.860. The van der Waals surface area contributed by atoms with Crippen molar-refractivity contribution in [2.45, 2.75) is 6.04 Å². The minimum absolute atomic E-state index is 0.106. The lowest BCUT2D eigenvalue weighted by Crippen LogP contribution is -2.23. The Bertz CT molecular complexity index is 275. The molecule has 0 spiro atoms. The molecule has 0 fully saturated rings. The average Bonchev–Trinajstić information content (AvgIpc) is 2.04. The Labute approximate surface area is 92.7 Å². The van der Waals surface area contributed by atoms with Gasteiger partial charge in [0.25, 0.3) is 0 Å². The summed E-state index contributed by atoms with van der Waals surface area (Å²) in [5.74, 6) is 0. The zero-order valence-electron chi connectivity index (χ0n) is 7.87. The van der Waals surface area contributed by atoms with Gasteiger partial charge < -0.3 is 10.0 Å². The van der Waals surface area contributed by atoms with Crippen LogP contribution in [0.3, 0.4) is 0 Å². The van der Waals surface area contributed by atoms with Crippen molar-refractivity contribution in [1.29, 1.82) is 0 Å². The third kappa shape index (κ3) is 2.93. The molecule has 1 rings (SSSR count). The van der Waals surface area contributed by atoms with Crippen molar-refractivity contribution in [3.05, 3.63) is 33.4 Å². The fourth-order valence-corrected chi connectivity index (χ4v) is 1.85. The van der Waals surface area contributed by atoms with Crippen LogP contribution < -0.4 is 0 Å². The van der Waals surface area contributed by atoms with Crippen LogP contribution in [-0.4, -0.2) is 30.7 Å². The average molecular weight is 291 g/mol. The maximum Gasteiger partial charge on any atom is 0.0628 e. The van der Waals surface area contributed by atoms with Crippen molar-refractivity contribution in [3.63, 3.8) is 0 Å². The van der Waals surface area contributed by atoms with Gasteiger partial charge in [0, 0.05) is 3.57 Å². The number of nitrogens with zero attached hydrogens (tertiary/aromatic N) is 1. The second kappa shape index (κ2) is 4.93. The van der Waals surface area contributed by atoms with Crippen molar-refractivity contribution in [1.82, 2.24) is 4.90 Å². The molecule has 0 aliphatic heterocycles. The van der Waals surface area contributed by atoms with Crippen LogP contribution in [0.5, 0.6) is 0 Å². The molecule has 0 radical (unpaired) electrons. The van der Waals surface area contributed by atoms with Crippen LogP contribution >= 0.6 is 22.6 Å². The molecule has 3 heteroatoms. The Kier molecular flexibility index (Phi) is 4.15. The lowest BCUT2D eigenvalue weighted by Gasteiger charge is -2.22. The number of hydrogen-bond acceptors (Lipinski definition) is 2. The molecule has 13 heavy (non-hydrogen) atoms. The zero-order chi connectivity index (χ0) is 9.84. The van der Waals surface area contributed by atoms with Crippen LogP contribution in [0.2, 0.25) is 0 Å². The van der Waals surface area contributed by atoms with E-state index in [2.05, 4.69) is 28.7 Å².